The second-order valence-corrected chi connectivity index (χ2v) is 11.0. The third-order valence-electron chi connectivity index (χ3n) is 6.73. The molecular weight excluding hydrogens is 636 g/mol. The normalized spacial score (nSPS) is 15.8. The molecular formula is C28H20Cl3F7N2O2. The van der Waals surface area contributed by atoms with Crippen molar-refractivity contribution in [1.82, 2.24) is 10.2 Å². The Bertz CT molecular complexity index is 1560. The van der Waals surface area contributed by atoms with Crippen LogP contribution >= 0.6 is 34.8 Å². The predicted molar refractivity (Wildman–Crippen MR) is 146 cm³/mol. The molecule has 0 aromatic heterocycles. The minimum atomic E-state index is -4.95. The molecule has 4 nitrogen and oxygen atoms in total. The number of halogens is 10. The summed E-state index contributed by atoms with van der Waals surface area (Å²) in [7, 11) is 0.974. The van der Waals surface area contributed by atoms with E-state index in [1.54, 1.807) is 0 Å². The molecule has 0 radical (unpaired) electrons. The standard InChI is InChI=1S/C28H20Cl3F7N2O2/c1-40(13-27(33,34)35)25(42)26(8-9-26)39-24(41)18-7-6-17(15-4-2-3-5-16(15)18)22(32)12-19(28(36,37)38)14-10-20(29)23(31)21(30)11-14/h2-7,10-12,19H,8-9,13H2,1H3,(H,39,41)/b22-12-. The minimum absolute atomic E-state index is 0.0525. The predicted octanol–water partition coefficient (Wildman–Crippen LogP) is 8.74. The Labute approximate surface area is 250 Å². The lowest BCUT2D eigenvalue weighted by molar-refractivity contribution is -0.160. The first-order valence-electron chi connectivity index (χ1n) is 12.2. The molecule has 1 N–H and O–H groups in total. The highest BCUT2D eigenvalue weighted by Crippen LogP contribution is 2.43. The first-order chi connectivity index (χ1) is 19.4. The number of carbonyl (C=O) groups excluding carboxylic acids is 2. The van der Waals surface area contributed by atoms with E-state index >= 15 is 4.39 Å². The summed E-state index contributed by atoms with van der Waals surface area (Å²) in [5.74, 6) is -5.44. The van der Waals surface area contributed by atoms with E-state index in [0.29, 0.717) is 11.0 Å². The quantitative estimate of drug-likeness (QED) is 0.205. The summed E-state index contributed by atoms with van der Waals surface area (Å²) in [6, 6.07) is 9.96. The van der Waals surface area contributed by atoms with Crippen LogP contribution in [0.5, 0.6) is 0 Å². The van der Waals surface area contributed by atoms with Crippen LogP contribution < -0.4 is 5.32 Å². The fourth-order valence-electron chi connectivity index (χ4n) is 4.58. The molecule has 4 rings (SSSR count). The zero-order valence-corrected chi connectivity index (χ0v) is 23.7. The maximum Gasteiger partial charge on any atom is 0.406 e. The van der Waals surface area contributed by atoms with Crippen molar-refractivity contribution >= 4 is 63.2 Å². The highest BCUT2D eigenvalue weighted by Gasteiger charge is 2.53. The van der Waals surface area contributed by atoms with Gasteiger partial charge in [-0.3, -0.25) is 9.59 Å². The molecule has 2 amide bonds. The Balaban J connectivity index is 1.69. The Kier molecular flexibility index (Phi) is 8.79. The zero-order chi connectivity index (χ0) is 31.2. The van der Waals surface area contributed by atoms with E-state index in [4.69, 9.17) is 34.8 Å². The number of nitrogens with one attached hydrogen (secondary N) is 1. The largest absolute Gasteiger partial charge is 0.406 e. The molecule has 0 spiro atoms. The van der Waals surface area contributed by atoms with Crippen molar-refractivity contribution in [2.24, 2.45) is 0 Å². The Morgan fingerprint density at radius 1 is 0.952 bits per heavy atom. The van der Waals surface area contributed by atoms with Crippen LogP contribution in [0.3, 0.4) is 0 Å². The van der Waals surface area contributed by atoms with Gasteiger partial charge in [0.15, 0.2) is 0 Å². The van der Waals surface area contributed by atoms with Gasteiger partial charge in [-0.25, -0.2) is 4.39 Å². The molecule has 0 bridgehead atoms. The maximum absolute atomic E-state index is 15.6. The molecule has 42 heavy (non-hydrogen) atoms. The van der Waals surface area contributed by atoms with Gasteiger partial charge >= 0.3 is 12.4 Å². The highest BCUT2D eigenvalue weighted by molar-refractivity contribution is 6.48. The average molecular weight is 656 g/mol. The molecule has 0 heterocycles. The maximum atomic E-state index is 15.6. The summed E-state index contributed by atoms with van der Waals surface area (Å²) in [5, 5.41) is 2.05. The lowest BCUT2D eigenvalue weighted by atomic mass is 9.94. The lowest BCUT2D eigenvalue weighted by Crippen LogP contribution is -2.51. The third kappa shape index (κ3) is 6.79. The third-order valence-corrected chi connectivity index (χ3v) is 7.93. The Hall–Kier alpha value is -3.02. The number of hydrogen-bond donors (Lipinski definition) is 1. The second kappa shape index (κ2) is 11.6. The van der Waals surface area contributed by atoms with Crippen LogP contribution in [-0.2, 0) is 4.79 Å². The first-order valence-corrected chi connectivity index (χ1v) is 13.3. The molecule has 3 aromatic carbocycles. The van der Waals surface area contributed by atoms with Crippen molar-refractivity contribution in [3.05, 3.63) is 86.4 Å². The van der Waals surface area contributed by atoms with Crippen molar-refractivity contribution in [2.75, 3.05) is 13.6 Å². The van der Waals surface area contributed by atoms with Crippen LogP contribution in [-0.4, -0.2) is 48.2 Å². The summed E-state index contributed by atoms with van der Waals surface area (Å²) in [6.07, 6.45) is -9.00. The van der Waals surface area contributed by atoms with Gasteiger partial charge in [0.05, 0.1) is 15.1 Å². The van der Waals surface area contributed by atoms with Gasteiger partial charge in [-0.15, -0.1) is 0 Å². The van der Waals surface area contributed by atoms with Crippen LogP contribution in [0.2, 0.25) is 15.1 Å². The molecule has 0 aliphatic heterocycles. The summed E-state index contributed by atoms with van der Waals surface area (Å²) < 4.78 is 96.0. The van der Waals surface area contributed by atoms with E-state index in [1.165, 1.54) is 30.3 Å². The van der Waals surface area contributed by atoms with E-state index in [1.807, 2.05) is 0 Å². The zero-order valence-electron chi connectivity index (χ0n) is 21.4. The molecule has 224 valence electrons. The molecule has 1 fully saturated rings. The van der Waals surface area contributed by atoms with E-state index in [0.717, 1.165) is 25.2 Å². The number of alkyl halides is 6. The highest BCUT2D eigenvalue weighted by atomic mass is 35.5. The van der Waals surface area contributed by atoms with Crippen LogP contribution in [0.4, 0.5) is 30.7 Å². The molecule has 1 saturated carbocycles. The van der Waals surface area contributed by atoms with Gasteiger partial charge in [0.2, 0.25) is 5.91 Å². The van der Waals surface area contributed by atoms with Gasteiger partial charge < -0.3 is 10.2 Å². The number of fused-ring (bicyclic) bond motifs is 1. The number of nitrogens with zero attached hydrogens (tertiary/aromatic N) is 1. The number of rotatable bonds is 7. The fourth-order valence-corrected chi connectivity index (χ4v) is 5.20. The number of likely N-dealkylation sites (N-methyl/N-ethyl adjacent to an activating group) is 1. The van der Waals surface area contributed by atoms with Gasteiger partial charge in [0.1, 0.15) is 23.8 Å². The first kappa shape index (κ1) is 31.9. The number of hydrogen-bond acceptors (Lipinski definition) is 2. The van der Waals surface area contributed by atoms with Gasteiger partial charge in [-0.2, -0.15) is 26.3 Å². The van der Waals surface area contributed by atoms with Gasteiger partial charge in [0.25, 0.3) is 5.91 Å². The molecule has 3 aromatic rings. The fraction of sp³-hybridized carbons (Fsp3) is 0.286. The van der Waals surface area contributed by atoms with Crippen LogP contribution in [0.15, 0.2) is 54.6 Å². The number of amides is 2. The van der Waals surface area contributed by atoms with Crippen molar-refractivity contribution in [3.63, 3.8) is 0 Å². The van der Waals surface area contributed by atoms with E-state index in [9.17, 15) is 35.9 Å². The van der Waals surface area contributed by atoms with Crippen molar-refractivity contribution in [2.45, 2.75) is 36.7 Å². The minimum Gasteiger partial charge on any atom is -0.338 e. The van der Waals surface area contributed by atoms with Crippen molar-refractivity contribution < 1.29 is 40.3 Å². The van der Waals surface area contributed by atoms with Gasteiger partial charge in [0, 0.05) is 18.2 Å². The Morgan fingerprint density at radius 2 is 1.48 bits per heavy atom. The summed E-state index contributed by atoms with van der Waals surface area (Å²) >= 11 is 17.6. The molecule has 1 aliphatic carbocycles. The number of allylic oxidation sites excluding steroid dienone is 1. The van der Waals surface area contributed by atoms with E-state index in [-0.39, 0.29) is 49.8 Å². The topological polar surface area (TPSA) is 49.4 Å². The van der Waals surface area contributed by atoms with Crippen LogP contribution in [0, 0.1) is 0 Å². The second-order valence-electron chi connectivity index (χ2n) is 9.85. The van der Waals surface area contributed by atoms with Crippen molar-refractivity contribution in [1.29, 1.82) is 0 Å². The number of carbonyl (C=O) groups is 2. The molecule has 1 atom stereocenters. The van der Waals surface area contributed by atoms with Crippen LogP contribution in [0.1, 0.15) is 40.2 Å². The lowest BCUT2D eigenvalue weighted by Gasteiger charge is -2.25. The van der Waals surface area contributed by atoms with E-state index in [2.05, 4.69) is 5.32 Å². The van der Waals surface area contributed by atoms with Gasteiger partial charge in [-0.05, 0) is 53.5 Å². The smallest absolute Gasteiger partial charge is 0.338 e. The SMILES string of the molecule is CN(CC(F)(F)F)C(=O)C1(NC(=O)c2ccc(/C(F)=C/C(c3cc(Cl)c(Cl)c(Cl)c3)C(F)(F)F)c3ccccc23)CC1. The number of benzene rings is 3. The molecule has 14 heteroatoms. The average Bonchev–Trinajstić information content (AvgIpc) is 3.67. The van der Waals surface area contributed by atoms with Crippen molar-refractivity contribution in [3.8, 4) is 0 Å². The van der Waals surface area contributed by atoms with Gasteiger partial charge in [-0.1, -0.05) is 65.1 Å². The molecule has 1 aliphatic rings. The summed E-state index contributed by atoms with van der Waals surface area (Å²) in [5.41, 5.74) is -2.29. The van der Waals surface area contributed by atoms with E-state index < -0.39 is 53.6 Å². The molecule has 0 saturated heterocycles. The summed E-state index contributed by atoms with van der Waals surface area (Å²) in [4.78, 5) is 26.4. The Morgan fingerprint density at radius 3 is 1.98 bits per heavy atom. The monoisotopic (exact) mass is 654 g/mol. The summed E-state index contributed by atoms with van der Waals surface area (Å²) in [6.45, 7) is -1.50. The molecule has 1 unspecified atom stereocenters. The van der Waals surface area contributed by atoms with Crippen LogP contribution in [0.25, 0.3) is 16.6 Å².